The summed E-state index contributed by atoms with van der Waals surface area (Å²) in [5, 5.41) is 3.09. The summed E-state index contributed by atoms with van der Waals surface area (Å²) in [6, 6.07) is 7.10. The Kier molecular flexibility index (Phi) is 7.05. The van der Waals surface area contributed by atoms with Gasteiger partial charge in [-0.05, 0) is 69.5 Å². The van der Waals surface area contributed by atoms with Crippen molar-refractivity contribution in [2.45, 2.75) is 64.5 Å². The lowest BCUT2D eigenvalue weighted by atomic mass is 10.1. The van der Waals surface area contributed by atoms with E-state index in [9.17, 15) is 4.79 Å². The molecule has 1 amide bonds. The number of hydrogen-bond acceptors (Lipinski definition) is 7. The largest absolute Gasteiger partial charge is 0.337 e. The molecule has 5 heterocycles. The second-order valence-corrected chi connectivity index (χ2v) is 11.7. The Morgan fingerprint density at radius 3 is 2.62 bits per heavy atom. The van der Waals surface area contributed by atoms with Crippen LogP contribution in [0.25, 0.3) is 22.3 Å². The molecule has 3 aliphatic rings. The molecule has 0 spiro atoms. The van der Waals surface area contributed by atoms with Gasteiger partial charge in [0.1, 0.15) is 22.9 Å². The second kappa shape index (κ2) is 11.0. The van der Waals surface area contributed by atoms with E-state index in [1.54, 1.807) is 6.07 Å². The highest BCUT2D eigenvalue weighted by Gasteiger charge is 2.26. The molecule has 1 saturated carbocycles. The van der Waals surface area contributed by atoms with E-state index in [-0.39, 0.29) is 23.6 Å². The molecule has 1 aliphatic carbocycles. The first-order valence-corrected chi connectivity index (χ1v) is 14.9. The van der Waals surface area contributed by atoms with Crippen LogP contribution in [0.5, 0.6) is 0 Å². The smallest absolute Gasteiger partial charge is 0.237 e. The van der Waals surface area contributed by atoms with Crippen LogP contribution in [0.3, 0.4) is 0 Å². The Morgan fingerprint density at radius 1 is 1.00 bits per heavy atom. The van der Waals surface area contributed by atoms with Gasteiger partial charge in [0.15, 0.2) is 11.6 Å². The predicted octanol–water partition coefficient (Wildman–Crippen LogP) is 5.31. The summed E-state index contributed by atoms with van der Waals surface area (Å²) in [4.78, 5) is 34.7. The molecule has 1 aromatic carbocycles. The van der Waals surface area contributed by atoms with E-state index >= 15 is 8.78 Å². The van der Waals surface area contributed by atoms with Crippen LogP contribution in [-0.2, 0) is 17.8 Å². The van der Waals surface area contributed by atoms with E-state index in [4.69, 9.17) is 4.98 Å². The van der Waals surface area contributed by atoms with Crippen LogP contribution in [0.4, 0.5) is 20.5 Å². The van der Waals surface area contributed by atoms with Gasteiger partial charge in [-0.25, -0.2) is 28.7 Å². The molecule has 218 valence electrons. The molecule has 1 N–H and O–H groups in total. The fourth-order valence-electron chi connectivity index (χ4n) is 6.70. The van der Waals surface area contributed by atoms with Gasteiger partial charge in [0.05, 0.1) is 18.3 Å². The first kappa shape index (κ1) is 26.9. The number of carbonyl (C=O) groups excluding carboxylic acids is 1. The summed E-state index contributed by atoms with van der Waals surface area (Å²) in [6.45, 7) is 5.52. The average molecular weight is 573 g/mol. The van der Waals surface area contributed by atoms with Crippen molar-refractivity contribution in [2.24, 2.45) is 0 Å². The second-order valence-electron chi connectivity index (χ2n) is 11.7. The van der Waals surface area contributed by atoms with Crippen molar-refractivity contribution in [1.82, 2.24) is 34.3 Å². The maximum absolute atomic E-state index is 15.2. The maximum Gasteiger partial charge on any atom is 0.237 e. The molecule has 11 heteroatoms. The molecule has 2 aliphatic heterocycles. The fourth-order valence-corrected chi connectivity index (χ4v) is 6.70. The number of aryl methyl sites for hydroxylation is 1. The monoisotopic (exact) mass is 572 g/mol. The number of benzene rings is 1. The number of likely N-dealkylation sites (tertiary alicyclic amines) is 1. The number of aromatic nitrogens is 5. The topological polar surface area (TPSA) is 92.1 Å². The Balaban J connectivity index is 1.11. The number of rotatable bonds is 6. The number of halogens is 2. The van der Waals surface area contributed by atoms with E-state index < -0.39 is 11.6 Å². The van der Waals surface area contributed by atoms with Gasteiger partial charge in [-0.1, -0.05) is 18.9 Å². The molecule has 42 heavy (non-hydrogen) atoms. The SMILES string of the molecule is Cc1nc2c(F)cc(-c3nc(Nc4ccc5c(n4)CCN(C(=O)CN4CCCC4)C5)ncc3F)cc2n1C1CCCC1. The lowest BCUT2D eigenvalue weighted by Gasteiger charge is -2.30. The van der Waals surface area contributed by atoms with Gasteiger partial charge in [-0.2, -0.15) is 0 Å². The van der Waals surface area contributed by atoms with Crippen molar-refractivity contribution in [3.05, 3.63) is 59.2 Å². The normalized spacial score (nSPS) is 17.7. The zero-order valence-electron chi connectivity index (χ0n) is 23.7. The Bertz CT molecular complexity index is 1660. The highest BCUT2D eigenvalue weighted by molar-refractivity contribution is 5.83. The fraction of sp³-hybridized carbons (Fsp3) is 0.452. The van der Waals surface area contributed by atoms with Crippen LogP contribution < -0.4 is 5.32 Å². The molecule has 0 unspecified atom stereocenters. The van der Waals surface area contributed by atoms with Crippen LogP contribution in [0.15, 0.2) is 30.5 Å². The third-order valence-corrected chi connectivity index (χ3v) is 8.83. The number of carbonyl (C=O) groups is 1. The van der Waals surface area contributed by atoms with Gasteiger partial charge < -0.3 is 14.8 Å². The third kappa shape index (κ3) is 5.10. The molecule has 7 rings (SSSR count). The summed E-state index contributed by atoms with van der Waals surface area (Å²) < 4.78 is 32.4. The molecular weight excluding hydrogens is 538 g/mol. The van der Waals surface area contributed by atoms with Gasteiger partial charge in [-0.3, -0.25) is 9.69 Å². The number of pyridine rings is 1. The molecule has 0 bridgehead atoms. The van der Waals surface area contributed by atoms with Crippen LogP contribution in [0.2, 0.25) is 0 Å². The Hall–Kier alpha value is -3.99. The standard InChI is InChI=1S/C31H34F2N8O/c1-19-35-30-23(32)14-21(15-26(30)41(19)22-6-2-3-7-22)29-24(33)16-34-31(38-29)37-27-9-8-20-17-40(13-10-25(20)36-27)28(42)18-39-11-4-5-12-39/h8-9,14-16,22H,2-7,10-13,17-18H2,1H3,(H,34,36,37,38). The van der Waals surface area contributed by atoms with Gasteiger partial charge in [0, 0.05) is 36.8 Å². The zero-order chi connectivity index (χ0) is 28.8. The summed E-state index contributed by atoms with van der Waals surface area (Å²) in [6.07, 6.45) is 8.37. The third-order valence-electron chi connectivity index (χ3n) is 8.83. The molecule has 4 aromatic rings. The van der Waals surface area contributed by atoms with Gasteiger partial charge >= 0.3 is 0 Å². The summed E-state index contributed by atoms with van der Waals surface area (Å²) in [5.41, 5.74) is 3.22. The first-order valence-electron chi connectivity index (χ1n) is 14.9. The van der Waals surface area contributed by atoms with Crippen molar-refractivity contribution in [3.63, 3.8) is 0 Å². The highest BCUT2D eigenvalue weighted by Crippen LogP contribution is 2.36. The highest BCUT2D eigenvalue weighted by atomic mass is 19.1. The number of anilines is 2. The van der Waals surface area contributed by atoms with Crippen molar-refractivity contribution in [2.75, 3.05) is 31.5 Å². The quantitative estimate of drug-likeness (QED) is 0.335. The lowest BCUT2D eigenvalue weighted by molar-refractivity contribution is -0.133. The van der Waals surface area contributed by atoms with E-state index in [1.165, 1.54) is 6.07 Å². The summed E-state index contributed by atoms with van der Waals surface area (Å²) in [7, 11) is 0. The number of amides is 1. The van der Waals surface area contributed by atoms with Crippen LogP contribution in [0, 0.1) is 18.6 Å². The van der Waals surface area contributed by atoms with E-state index in [0.29, 0.717) is 48.5 Å². The van der Waals surface area contributed by atoms with Gasteiger partial charge in [0.2, 0.25) is 11.9 Å². The molecule has 3 aromatic heterocycles. The minimum Gasteiger partial charge on any atom is -0.337 e. The van der Waals surface area contributed by atoms with Crippen molar-refractivity contribution < 1.29 is 13.6 Å². The average Bonchev–Trinajstić information content (AvgIpc) is 3.76. The minimum absolute atomic E-state index is 0.00948. The van der Waals surface area contributed by atoms with E-state index in [1.807, 2.05) is 24.0 Å². The Labute approximate surface area is 243 Å². The van der Waals surface area contributed by atoms with E-state index in [2.05, 4.69) is 29.7 Å². The number of imidazole rings is 1. The Morgan fingerprint density at radius 2 is 1.81 bits per heavy atom. The zero-order valence-corrected chi connectivity index (χ0v) is 23.7. The van der Waals surface area contributed by atoms with Crippen molar-refractivity contribution >= 4 is 28.7 Å². The number of nitrogens with zero attached hydrogens (tertiary/aromatic N) is 7. The number of hydrogen-bond donors (Lipinski definition) is 1. The van der Waals surface area contributed by atoms with Gasteiger partial charge in [-0.15, -0.1) is 0 Å². The summed E-state index contributed by atoms with van der Waals surface area (Å²) in [5.74, 6) is 0.473. The van der Waals surface area contributed by atoms with Gasteiger partial charge in [0.25, 0.3) is 0 Å². The predicted molar refractivity (Wildman–Crippen MR) is 155 cm³/mol. The molecule has 0 radical (unpaired) electrons. The van der Waals surface area contributed by atoms with Crippen LogP contribution in [0.1, 0.15) is 61.6 Å². The molecule has 9 nitrogen and oxygen atoms in total. The first-order chi connectivity index (χ1) is 20.4. The molecular formula is C31H34F2N8O. The molecule has 2 fully saturated rings. The maximum atomic E-state index is 15.2. The van der Waals surface area contributed by atoms with Crippen LogP contribution >= 0.6 is 0 Å². The number of fused-ring (bicyclic) bond motifs is 2. The molecule has 0 atom stereocenters. The van der Waals surface area contributed by atoms with Crippen LogP contribution in [-0.4, -0.2) is 66.4 Å². The van der Waals surface area contributed by atoms with Crippen molar-refractivity contribution in [3.8, 4) is 11.3 Å². The summed E-state index contributed by atoms with van der Waals surface area (Å²) >= 11 is 0. The number of nitrogens with one attached hydrogen (secondary N) is 1. The minimum atomic E-state index is -0.639. The lowest BCUT2D eigenvalue weighted by Crippen LogP contribution is -2.42. The molecule has 1 saturated heterocycles. The van der Waals surface area contributed by atoms with Crippen molar-refractivity contribution in [1.29, 1.82) is 0 Å². The van der Waals surface area contributed by atoms with E-state index in [0.717, 1.165) is 74.9 Å².